The van der Waals surface area contributed by atoms with Gasteiger partial charge in [-0.15, -0.1) is 0 Å². The second-order valence-corrected chi connectivity index (χ2v) is 11.3. The molecule has 1 N–H and O–H groups in total. The quantitative estimate of drug-likeness (QED) is 0.476. The third-order valence-corrected chi connectivity index (χ3v) is 8.31. The Morgan fingerprint density at radius 3 is 2.64 bits per heavy atom. The topological polar surface area (TPSA) is 114 Å². The Hall–Kier alpha value is -3.71. The molecule has 6 rings (SSSR count). The Labute approximate surface area is 240 Å². The van der Waals surface area contributed by atoms with Crippen LogP contribution in [0.2, 0.25) is 0 Å². The number of aliphatic hydroxyl groups excluding tert-OH is 1. The zero-order valence-electron chi connectivity index (χ0n) is 23.4. The van der Waals surface area contributed by atoms with Gasteiger partial charge in [0.05, 0.1) is 25.9 Å². The number of carbonyl (C=O) groups is 1. The van der Waals surface area contributed by atoms with Gasteiger partial charge in [0.25, 0.3) is 11.8 Å². The number of carbonyl (C=O) groups excluding carboxylic acids is 1. The van der Waals surface area contributed by atoms with Gasteiger partial charge >= 0.3 is 6.01 Å². The zero-order valence-corrected chi connectivity index (χ0v) is 23.4. The Balaban J connectivity index is 1.19. The molecule has 13 heteroatoms. The lowest BCUT2D eigenvalue weighted by Crippen LogP contribution is -2.61. The summed E-state index contributed by atoms with van der Waals surface area (Å²) in [6.45, 7) is 4.78. The molecule has 2 saturated heterocycles. The number of amides is 1. The van der Waals surface area contributed by atoms with Crippen molar-refractivity contribution in [1.29, 1.82) is 0 Å². The minimum absolute atomic E-state index is 0.0749. The van der Waals surface area contributed by atoms with E-state index in [0.29, 0.717) is 34.3 Å². The first-order valence-electron chi connectivity index (χ1n) is 14.0. The fourth-order valence-electron chi connectivity index (χ4n) is 5.76. The van der Waals surface area contributed by atoms with E-state index in [-0.39, 0.29) is 63.9 Å². The number of pyridine rings is 1. The summed E-state index contributed by atoms with van der Waals surface area (Å²) < 4.78 is 63.2. The average Bonchev–Trinajstić information content (AvgIpc) is 3.48. The number of morpholine rings is 1. The Bertz CT molecular complexity index is 1470. The summed E-state index contributed by atoms with van der Waals surface area (Å²) in [4.78, 5) is 24.5. The predicted molar refractivity (Wildman–Crippen MR) is 144 cm³/mol. The normalized spacial score (nSPS) is 21.4. The van der Waals surface area contributed by atoms with E-state index < -0.39 is 35.7 Å². The lowest BCUT2D eigenvalue weighted by atomic mass is 9.79. The maximum absolute atomic E-state index is 15.7. The first-order chi connectivity index (χ1) is 20.1. The lowest BCUT2D eigenvalue weighted by Gasteiger charge is -2.48. The van der Waals surface area contributed by atoms with Crippen LogP contribution in [0.25, 0.3) is 11.1 Å². The second kappa shape index (κ2) is 10.8. The molecule has 2 aromatic heterocycles. The van der Waals surface area contributed by atoms with Crippen molar-refractivity contribution in [3.63, 3.8) is 0 Å². The van der Waals surface area contributed by atoms with Crippen molar-refractivity contribution in [2.24, 2.45) is 0 Å². The number of halogens is 3. The van der Waals surface area contributed by atoms with E-state index in [9.17, 15) is 9.90 Å². The van der Waals surface area contributed by atoms with E-state index in [1.165, 1.54) is 11.1 Å². The number of aromatic nitrogens is 3. The largest absolute Gasteiger partial charge is 0.481 e. The monoisotopic (exact) mass is 587 g/mol. The number of anilines is 1. The number of nitrogens with zero attached hydrogens (tertiary/aromatic N) is 5. The van der Waals surface area contributed by atoms with Crippen molar-refractivity contribution < 1.29 is 37.1 Å². The number of alkyl halides is 2. The summed E-state index contributed by atoms with van der Waals surface area (Å²) in [5.74, 6) is -3.61. The molecule has 0 aliphatic carbocycles. The highest BCUT2D eigenvalue weighted by Gasteiger charge is 2.59. The first kappa shape index (κ1) is 28.4. The number of rotatable bonds is 5. The Morgan fingerprint density at radius 1 is 1.17 bits per heavy atom. The Morgan fingerprint density at radius 2 is 1.95 bits per heavy atom. The van der Waals surface area contributed by atoms with E-state index in [1.54, 1.807) is 23.1 Å². The molecule has 3 aromatic rings. The molecule has 10 nitrogen and oxygen atoms in total. The first-order valence-corrected chi connectivity index (χ1v) is 14.0. The van der Waals surface area contributed by atoms with Crippen LogP contribution in [-0.4, -0.2) is 88.1 Å². The molecule has 3 aliphatic rings. The van der Waals surface area contributed by atoms with Crippen molar-refractivity contribution in [2.75, 3.05) is 44.4 Å². The van der Waals surface area contributed by atoms with E-state index in [0.717, 1.165) is 6.07 Å². The van der Waals surface area contributed by atoms with Gasteiger partial charge in [-0.3, -0.25) is 4.79 Å². The van der Waals surface area contributed by atoms with Crippen LogP contribution >= 0.6 is 0 Å². The van der Waals surface area contributed by atoms with Crippen LogP contribution in [0, 0.1) is 5.82 Å². The SMILES string of the molecule is CC(C)c1noc(N2CCC3(CC2)Oc2ccc(-c4cnc(C(=O)N5CCOCC5CO)c(F)c4)cc2CC3(F)F)n1. The van der Waals surface area contributed by atoms with Crippen LogP contribution in [0.4, 0.5) is 19.2 Å². The van der Waals surface area contributed by atoms with E-state index in [4.69, 9.17) is 14.0 Å². The van der Waals surface area contributed by atoms with Gasteiger partial charge in [-0.25, -0.2) is 18.2 Å². The van der Waals surface area contributed by atoms with E-state index >= 15 is 13.2 Å². The van der Waals surface area contributed by atoms with Crippen molar-refractivity contribution in [3.05, 3.63) is 53.4 Å². The van der Waals surface area contributed by atoms with Gasteiger partial charge in [-0.05, 0) is 23.8 Å². The number of hydrogen-bond donors (Lipinski definition) is 1. The third-order valence-electron chi connectivity index (χ3n) is 8.31. The molecule has 224 valence electrons. The number of benzene rings is 1. The molecule has 1 atom stereocenters. The standard InChI is InChI=1S/C29H32F3N5O5/c1-17(2)25-34-27(42-35-25)36-7-5-28(6-8-36)29(31,32)13-19-11-18(3-4-23(19)41-28)20-12-22(30)24(33-14-20)26(39)37-9-10-40-16-21(37)15-38/h3-4,11-12,14,17,21,38H,5-10,13,15-16H2,1-2H3. The number of piperidine rings is 1. The molecule has 1 aromatic carbocycles. The van der Waals surface area contributed by atoms with Crippen LogP contribution in [0.1, 0.15) is 54.5 Å². The van der Waals surface area contributed by atoms with Crippen LogP contribution < -0.4 is 9.64 Å². The van der Waals surface area contributed by atoms with Gasteiger partial charge in [0.15, 0.2) is 22.9 Å². The highest BCUT2D eigenvalue weighted by Crippen LogP contribution is 2.49. The molecular formula is C29H32F3N5O5. The molecule has 1 spiro atoms. The lowest BCUT2D eigenvalue weighted by molar-refractivity contribution is -0.185. The minimum Gasteiger partial charge on any atom is -0.481 e. The van der Waals surface area contributed by atoms with Crippen molar-refractivity contribution in [2.45, 2.75) is 56.6 Å². The van der Waals surface area contributed by atoms with Gasteiger partial charge in [-0.2, -0.15) is 4.98 Å². The smallest absolute Gasteiger partial charge is 0.324 e. The summed E-state index contributed by atoms with van der Waals surface area (Å²) >= 11 is 0. The molecule has 42 heavy (non-hydrogen) atoms. The molecule has 2 fully saturated rings. The molecule has 0 saturated carbocycles. The van der Waals surface area contributed by atoms with E-state index in [1.807, 2.05) is 13.8 Å². The fourth-order valence-corrected chi connectivity index (χ4v) is 5.76. The summed E-state index contributed by atoms with van der Waals surface area (Å²) in [7, 11) is 0. The van der Waals surface area contributed by atoms with Crippen LogP contribution in [0.5, 0.6) is 5.75 Å². The second-order valence-electron chi connectivity index (χ2n) is 11.3. The summed E-state index contributed by atoms with van der Waals surface area (Å²) in [5.41, 5.74) is -0.920. The molecule has 0 bridgehead atoms. The highest BCUT2D eigenvalue weighted by atomic mass is 19.3. The van der Waals surface area contributed by atoms with Crippen LogP contribution in [0.3, 0.4) is 0 Å². The number of fused-ring (bicyclic) bond motifs is 1. The number of ether oxygens (including phenoxy) is 2. The molecule has 1 amide bonds. The molecule has 5 heterocycles. The van der Waals surface area contributed by atoms with Gasteiger partial charge in [-0.1, -0.05) is 25.1 Å². The number of aliphatic hydroxyl groups is 1. The van der Waals surface area contributed by atoms with Crippen molar-refractivity contribution in [1.82, 2.24) is 20.0 Å². The summed E-state index contributed by atoms with van der Waals surface area (Å²) in [6, 6.07) is 5.75. The molecular weight excluding hydrogens is 555 g/mol. The van der Waals surface area contributed by atoms with Gasteiger partial charge < -0.3 is 28.9 Å². The maximum atomic E-state index is 15.7. The average molecular weight is 588 g/mol. The predicted octanol–water partition coefficient (Wildman–Crippen LogP) is 3.84. The van der Waals surface area contributed by atoms with E-state index in [2.05, 4.69) is 15.1 Å². The third kappa shape index (κ3) is 4.98. The fraction of sp³-hybridized carbons (Fsp3) is 0.517. The summed E-state index contributed by atoms with van der Waals surface area (Å²) in [5, 5.41) is 13.5. The molecule has 3 aliphatic heterocycles. The van der Waals surface area contributed by atoms with Gasteiger partial charge in [0.1, 0.15) is 5.75 Å². The summed E-state index contributed by atoms with van der Waals surface area (Å²) in [6.07, 6.45) is 0.963. The molecule has 0 radical (unpaired) electrons. The Kier molecular flexibility index (Phi) is 7.34. The van der Waals surface area contributed by atoms with Gasteiger partial charge in [0.2, 0.25) is 0 Å². The van der Waals surface area contributed by atoms with Crippen LogP contribution in [-0.2, 0) is 11.2 Å². The van der Waals surface area contributed by atoms with Crippen molar-refractivity contribution >= 4 is 11.9 Å². The highest BCUT2D eigenvalue weighted by molar-refractivity contribution is 5.93. The van der Waals surface area contributed by atoms with Gasteiger partial charge in [0, 0.05) is 62.1 Å². The zero-order chi connectivity index (χ0) is 29.6. The minimum atomic E-state index is -3.15. The molecule has 1 unspecified atom stereocenters. The number of hydrogen-bond acceptors (Lipinski definition) is 9. The maximum Gasteiger partial charge on any atom is 0.324 e. The van der Waals surface area contributed by atoms with Crippen molar-refractivity contribution in [3.8, 4) is 16.9 Å². The van der Waals surface area contributed by atoms with Crippen LogP contribution in [0.15, 0.2) is 35.0 Å².